The molecule has 3 N–H and O–H groups in total. The number of thiocarbonyl (C=S) groups is 1. The predicted octanol–water partition coefficient (Wildman–Crippen LogP) is 2.02. The van der Waals surface area contributed by atoms with Gasteiger partial charge in [-0.3, -0.25) is 4.79 Å². The van der Waals surface area contributed by atoms with Crippen molar-refractivity contribution in [3.63, 3.8) is 0 Å². The molecule has 1 aromatic heterocycles. The topological polar surface area (TPSA) is 72.9 Å². The largest absolute Gasteiger partial charge is 0.392 e. The third-order valence-corrected chi connectivity index (χ3v) is 4.69. The van der Waals surface area contributed by atoms with E-state index >= 15 is 0 Å². The number of nitrogens with one attached hydrogen (secondary N) is 1. The van der Waals surface area contributed by atoms with Crippen LogP contribution in [0.2, 0.25) is 0 Å². The Kier molecular flexibility index (Phi) is 5.73. The van der Waals surface area contributed by atoms with Gasteiger partial charge < -0.3 is 15.6 Å². The molecule has 0 spiro atoms. The molecule has 1 fully saturated rings. The van der Waals surface area contributed by atoms with Crippen molar-refractivity contribution < 1.29 is 4.79 Å². The van der Waals surface area contributed by atoms with Crippen LogP contribution in [0.15, 0.2) is 18.7 Å². The van der Waals surface area contributed by atoms with Crippen LogP contribution < -0.4 is 11.1 Å². The Morgan fingerprint density at radius 1 is 1.33 bits per heavy atom. The van der Waals surface area contributed by atoms with Crippen molar-refractivity contribution in [1.29, 1.82) is 0 Å². The highest BCUT2D eigenvalue weighted by Gasteiger charge is 2.41. The molecule has 116 valence electrons. The molecule has 0 aromatic carbocycles. The zero-order valence-corrected chi connectivity index (χ0v) is 13.2. The van der Waals surface area contributed by atoms with Crippen LogP contribution in [-0.4, -0.2) is 27.0 Å². The van der Waals surface area contributed by atoms with E-state index in [0.29, 0.717) is 11.5 Å². The summed E-state index contributed by atoms with van der Waals surface area (Å²) in [5.74, 6) is 0.0162. The number of hydrogen-bond acceptors (Lipinski definition) is 3. The maximum absolute atomic E-state index is 12.6. The lowest BCUT2D eigenvalue weighted by molar-refractivity contribution is -0.128. The van der Waals surface area contributed by atoms with Gasteiger partial charge >= 0.3 is 0 Å². The molecule has 1 saturated carbocycles. The van der Waals surface area contributed by atoms with Gasteiger partial charge in [-0.05, 0) is 19.3 Å². The maximum atomic E-state index is 12.6. The Balaban J connectivity index is 1.85. The molecule has 1 amide bonds. The Morgan fingerprint density at radius 3 is 2.62 bits per heavy atom. The smallest absolute Gasteiger partial charge is 0.233 e. The highest BCUT2D eigenvalue weighted by Crippen LogP contribution is 2.35. The van der Waals surface area contributed by atoms with E-state index in [2.05, 4.69) is 10.3 Å². The van der Waals surface area contributed by atoms with Crippen LogP contribution in [0.25, 0.3) is 0 Å². The van der Waals surface area contributed by atoms with Gasteiger partial charge in [0.25, 0.3) is 0 Å². The van der Waals surface area contributed by atoms with Gasteiger partial charge in [-0.25, -0.2) is 4.98 Å². The second-order valence-corrected chi connectivity index (χ2v) is 6.21. The minimum atomic E-state index is -0.624. The van der Waals surface area contributed by atoms with E-state index in [9.17, 15) is 4.79 Å². The first-order chi connectivity index (χ1) is 10.1. The Labute approximate surface area is 131 Å². The minimum absolute atomic E-state index is 0.0162. The molecule has 0 atom stereocenters. The van der Waals surface area contributed by atoms with E-state index in [1.165, 1.54) is 0 Å². The van der Waals surface area contributed by atoms with Crippen LogP contribution in [0.4, 0.5) is 0 Å². The van der Waals surface area contributed by atoms with Crippen LogP contribution in [0, 0.1) is 5.41 Å². The maximum Gasteiger partial charge on any atom is 0.233 e. The Bertz CT molecular complexity index is 464. The van der Waals surface area contributed by atoms with Crippen molar-refractivity contribution in [2.75, 3.05) is 6.54 Å². The number of carbonyl (C=O) groups excluding carboxylic acids is 1. The van der Waals surface area contributed by atoms with E-state index in [1.807, 2.05) is 10.8 Å². The molecule has 0 radical (unpaired) electrons. The van der Waals surface area contributed by atoms with Crippen LogP contribution in [0.1, 0.15) is 44.9 Å². The van der Waals surface area contributed by atoms with Gasteiger partial charge in [0, 0.05) is 25.5 Å². The second-order valence-electron chi connectivity index (χ2n) is 5.77. The number of rotatable bonds is 6. The second kappa shape index (κ2) is 7.54. The summed E-state index contributed by atoms with van der Waals surface area (Å²) < 4.78 is 2.00. The van der Waals surface area contributed by atoms with Crippen molar-refractivity contribution in [3.05, 3.63) is 18.7 Å². The summed E-state index contributed by atoms with van der Waals surface area (Å²) in [4.78, 5) is 16.9. The summed E-state index contributed by atoms with van der Waals surface area (Å²) in [6.45, 7) is 1.49. The molecule has 2 rings (SSSR count). The molecule has 1 aromatic rings. The summed E-state index contributed by atoms with van der Waals surface area (Å²) in [7, 11) is 0. The molecular formula is C15H24N4OS. The molecule has 0 unspecified atom stereocenters. The van der Waals surface area contributed by atoms with E-state index < -0.39 is 5.41 Å². The highest BCUT2D eigenvalue weighted by atomic mass is 32.1. The highest BCUT2D eigenvalue weighted by molar-refractivity contribution is 7.80. The van der Waals surface area contributed by atoms with E-state index in [4.69, 9.17) is 18.0 Å². The van der Waals surface area contributed by atoms with Crippen LogP contribution in [0.5, 0.6) is 0 Å². The van der Waals surface area contributed by atoms with Crippen molar-refractivity contribution in [2.45, 2.75) is 51.5 Å². The number of nitrogens with two attached hydrogens (primary N) is 1. The number of amides is 1. The Hall–Kier alpha value is -1.43. The summed E-state index contributed by atoms with van der Waals surface area (Å²) in [5.41, 5.74) is 5.29. The van der Waals surface area contributed by atoms with Gasteiger partial charge in [0.05, 0.1) is 16.7 Å². The number of aromatic nitrogens is 2. The van der Waals surface area contributed by atoms with Crippen molar-refractivity contribution in [3.8, 4) is 0 Å². The molecule has 1 heterocycles. The molecule has 0 saturated heterocycles. The fourth-order valence-electron chi connectivity index (χ4n) is 2.97. The number of nitrogens with zero attached hydrogens (tertiary/aromatic N) is 2. The zero-order chi connectivity index (χ0) is 15.1. The van der Waals surface area contributed by atoms with Crippen molar-refractivity contribution in [1.82, 2.24) is 14.9 Å². The number of imidazole rings is 1. The molecule has 0 bridgehead atoms. The normalized spacial score (nSPS) is 17.9. The monoisotopic (exact) mass is 308 g/mol. The summed E-state index contributed by atoms with van der Waals surface area (Å²) in [6, 6.07) is 0. The standard InChI is InChI=1S/C15H24N4OS/c16-13(21)15(6-3-1-2-4-7-15)14(20)18-8-5-10-19-11-9-17-12-19/h9,11-12H,1-8,10H2,(H2,16,21)(H,18,20). The van der Waals surface area contributed by atoms with Gasteiger partial charge in [0.15, 0.2) is 0 Å². The summed E-state index contributed by atoms with van der Waals surface area (Å²) in [5, 5.41) is 3.02. The lowest BCUT2D eigenvalue weighted by atomic mass is 9.79. The third kappa shape index (κ3) is 4.03. The molecule has 1 aliphatic rings. The summed E-state index contributed by atoms with van der Waals surface area (Å²) in [6.07, 6.45) is 12.3. The van der Waals surface area contributed by atoms with Gasteiger partial charge in [-0.1, -0.05) is 37.9 Å². The number of carbonyl (C=O) groups is 1. The molecular weight excluding hydrogens is 284 g/mol. The quantitative estimate of drug-likeness (QED) is 0.479. The molecule has 0 aliphatic heterocycles. The van der Waals surface area contributed by atoms with Gasteiger partial charge in [-0.15, -0.1) is 0 Å². The zero-order valence-electron chi connectivity index (χ0n) is 12.4. The van der Waals surface area contributed by atoms with Crippen molar-refractivity contribution >= 4 is 23.1 Å². The molecule has 5 nitrogen and oxygen atoms in total. The first-order valence-electron chi connectivity index (χ1n) is 7.69. The lowest BCUT2D eigenvalue weighted by Gasteiger charge is -2.30. The molecule has 21 heavy (non-hydrogen) atoms. The number of aryl methyl sites for hydroxylation is 1. The first kappa shape index (κ1) is 15.9. The van der Waals surface area contributed by atoms with Crippen molar-refractivity contribution in [2.24, 2.45) is 11.1 Å². The van der Waals surface area contributed by atoms with Crippen LogP contribution in [-0.2, 0) is 11.3 Å². The van der Waals surface area contributed by atoms with E-state index in [0.717, 1.165) is 51.5 Å². The summed E-state index contributed by atoms with van der Waals surface area (Å²) >= 11 is 5.21. The van der Waals surface area contributed by atoms with Gasteiger partial charge in [-0.2, -0.15) is 0 Å². The average molecular weight is 308 g/mol. The fraction of sp³-hybridized carbons (Fsp3) is 0.667. The average Bonchev–Trinajstić information content (AvgIpc) is 2.85. The molecule has 6 heteroatoms. The third-order valence-electron chi connectivity index (χ3n) is 4.30. The van der Waals surface area contributed by atoms with Crippen LogP contribution in [0.3, 0.4) is 0 Å². The predicted molar refractivity (Wildman–Crippen MR) is 86.8 cm³/mol. The SMILES string of the molecule is NC(=S)C1(C(=O)NCCCn2ccnc2)CCCCCC1. The van der Waals surface area contributed by atoms with E-state index in [1.54, 1.807) is 12.5 Å². The van der Waals surface area contributed by atoms with Gasteiger partial charge in [0.1, 0.15) is 0 Å². The van der Waals surface area contributed by atoms with E-state index in [-0.39, 0.29) is 5.91 Å². The Morgan fingerprint density at radius 2 is 2.05 bits per heavy atom. The van der Waals surface area contributed by atoms with Gasteiger partial charge in [0.2, 0.25) is 5.91 Å². The first-order valence-corrected chi connectivity index (χ1v) is 8.10. The van der Waals surface area contributed by atoms with Crippen LogP contribution >= 0.6 is 12.2 Å². The number of hydrogen-bond donors (Lipinski definition) is 2. The lowest BCUT2D eigenvalue weighted by Crippen LogP contribution is -2.49. The fourth-order valence-corrected chi connectivity index (χ4v) is 3.27. The minimum Gasteiger partial charge on any atom is -0.392 e. The molecule has 1 aliphatic carbocycles.